The zero-order valence-corrected chi connectivity index (χ0v) is 20.1. The van der Waals surface area contributed by atoms with E-state index in [4.69, 9.17) is 0 Å². The standard InChI is InChI=1S/C23H36F2N6O3/c1-14(2)31-9-8-17(12-31)29-21(33)19-11-27-23(28-15(3)13-34-22(24)25)30-20(19)26-10-16-4-6-18(32)7-5-16/h10-11,14-18,22,32H,4-9,12-13H2,1-3H3,(H,29,33)(H,27,28,30)/t15-,16?,17-,18?/m0/s1. The van der Waals surface area contributed by atoms with E-state index in [9.17, 15) is 18.7 Å². The number of carbonyl (C=O) groups is 1. The first-order valence-corrected chi connectivity index (χ1v) is 12.0. The maximum Gasteiger partial charge on any atom is 0.345 e. The molecule has 9 nitrogen and oxygen atoms in total. The second-order valence-corrected chi connectivity index (χ2v) is 9.46. The van der Waals surface area contributed by atoms with Crippen molar-refractivity contribution in [2.24, 2.45) is 10.9 Å². The fraction of sp³-hybridized carbons (Fsp3) is 0.739. The van der Waals surface area contributed by atoms with Gasteiger partial charge in [-0.2, -0.15) is 13.8 Å². The minimum absolute atomic E-state index is 0.0379. The van der Waals surface area contributed by atoms with Crippen LogP contribution in [0.1, 0.15) is 63.2 Å². The lowest BCUT2D eigenvalue weighted by Gasteiger charge is -2.22. The van der Waals surface area contributed by atoms with Crippen molar-refractivity contribution < 1.29 is 23.4 Å². The number of likely N-dealkylation sites (tertiary alicyclic amines) is 1. The van der Waals surface area contributed by atoms with Crippen molar-refractivity contribution in [3.63, 3.8) is 0 Å². The Morgan fingerprint density at radius 3 is 2.68 bits per heavy atom. The number of hydrogen-bond acceptors (Lipinski definition) is 8. The van der Waals surface area contributed by atoms with Gasteiger partial charge in [-0.05, 0) is 58.8 Å². The van der Waals surface area contributed by atoms with Crippen LogP contribution in [0.2, 0.25) is 0 Å². The number of halogens is 2. The second-order valence-electron chi connectivity index (χ2n) is 9.46. The average molecular weight is 483 g/mol. The van der Waals surface area contributed by atoms with E-state index >= 15 is 0 Å². The lowest BCUT2D eigenvalue weighted by atomic mass is 9.88. The van der Waals surface area contributed by atoms with Crippen molar-refractivity contribution in [1.82, 2.24) is 20.2 Å². The molecule has 3 rings (SSSR count). The Balaban J connectivity index is 1.73. The highest BCUT2D eigenvalue weighted by Crippen LogP contribution is 2.25. The molecule has 11 heteroatoms. The average Bonchev–Trinajstić information content (AvgIpc) is 3.26. The summed E-state index contributed by atoms with van der Waals surface area (Å²) in [5, 5.41) is 15.7. The largest absolute Gasteiger partial charge is 0.393 e. The Labute approximate surface area is 199 Å². The number of rotatable bonds is 10. The topological polar surface area (TPSA) is 112 Å². The summed E-state index contributed by atoms with van der Waals surface area (Å²) in [6.07, 6.45) is 6.87. The number of anilines is 1. The number of aliphatic imine (C=N–C) groups is 1. The number of carbonyl (C=O) groups excluding carboxylic acids is 1. The van der Waals surface area contributed by atoms with Crippen molar-refractivity contribution >= 4 is 23.9 Å². The number of alkyl halides is 2. The van der Waals surface area contributed by atoms with Gasteiger partial charge in [-0.15, -0.1) is 0 Å². The van der Waals surface area contributed by atoms with Crippen LogP contribution in [-0.4, -0.2) is 82.6 Å². The summed E-state index contributed by atoms with van der Waals surface area (Å²) in [5.74, 6) is 0.308. The third kappa shape index (κ3) is 7.92. The van der Waals surface area contributed by atoms with Crippen molar-refractivity contribution in [3.8, 4) is 0 Å². The highest BCUT2D eigenvalue weighted by atomic mass is 19.3. The zero-order valence-electron chi connectivity index (χ0n) is 20.1. The number of ether oxygens (including phenoxy) is 1. The van der Waals surface area contributed by atoms with E-state index in [-0.39, 0.29) is 47.9 Å². The molecule has 2 fully saturated rings. The van der Waals surface area contributed by atoms with E-state index < -0.39 is 12.7 Å². The van der Waals surface area contributed by atoms with E-state index in [1.807, 2.05) is 0 Å². The van der Waals surface area contributed by atoms with Gasteiger partial charge in [-0.1, -0.05) is 0 Å². The summed E-state index contributed by atoms with van der Waals surface area (Å²) in [4.78, 5) is 28.5. The van der Waals surface area contributed by atoms with Crippen LogP contribution in [0.5, 0.6) is 0 Å². The summed E-state index contributed by atoms with van der Waals surface area (Å²) in [5.41, 5.74) is 0.261. The molecule has 1 saturated heterocycles. The molecule has 0 unspecified atom stereocenters. The molecule has 34 heavy (non-hydrogen) atoms. The van der Waals surface area contributed by atoms with Crippen molar-refractivity contribution in [2.75, 3.05) is 25.0 Å². The van der Waals surface area contributed by atoms with Gasteiger partial charge >= 0.3 is 6.61 Å². The van der Waals surface area contributed by atoms with E-state index in [1.54, 1.807) is 13.1 Å². The SMILES string of the molecule is CC(C)N1CC[C@H](NC(=O)c2cnc(N[C@@H](C)COC(F)F)nc2N=CC2CCC(O)CC2)C1. The molecular formula is C23H36F2N6O3. The monoisotopic (exact) mass is 482 g/mol. The summed E-state index contributed by atoms with van der Waals surface area (Å²) < 4.78 is 29.0. The Hall–Kier alpha value is -2.24. The third-order valence-corrected chi connectivity index (χ3v) is 6.30. The number of aromatic nitrogens is 2. The van der Waals surface area contributed by atoms with E-state index in [0.29, 0.717) is 6.04 Å². The molecule has 2 atom stereocenters. The van der Waals surface area contributed by atoms with E-state index in [2.05, 4.69) is 49.1 Å². The van der Waals surface area contributed by atoms with Crippen LogP contribution in [0.25, 0.3) is 0 Å². The summed E-state index contributed by atoms with van der Waals surface area (Å²) in [6.45, 7) is 4.58. The third-order valence-electron chi connectivity index (χ3n) is 6.30. The molecule has 1 aliphatic heterocycles. The number of nitrogens with zero attached hydrogens (tertiary/aromatic N) is 4. The van der Waals surface area contributed by atoms with Crippen LogP contribution >= 0.6 is 0 Å². The van der Waals surface area contributed by atoms with Crippen LogP contribution in [0.3, 0.4) is 0 Å². The van der Waals surface area contributed by atoms with Gasteiger partial charge in [0.25, 0.3) is 5.91 Å². The van der Waals surface area contributed by atoms with Crippen LogP contribution in [0.4, 0.5) is 20.5 Å². The van der Waals surface area contributed by atoms with Crippen molar-refractivity contribution in [2.45, 2.75) is 83.7 Å². The Kier molecular flexibility index (Phi) is 9.66. The first-order valence-electron chi connectivity index (χ1n) is 12.0. The highest BCUT2D eigenvalue weighted by molar-refractivity contribution is 5.98. The van der Waals surface area contributed by atoms with Gasteiger partial charge in [0.15, 0.2) is 5.82 Å². The molecular weight excluding hydrogens is 446 g/mol. The van der Waals surface area contributed by atoms with Gasteiger partial charge in [-0.25, -0.2) is 9.98 Å². The van der Waals surface area contributed by atoms with Crippen molar-refractivity contribution in [1.29, 1.82) is 0 Å². The molecule has 1 aromatic rings. The lowest BCUT2D eigenvalue weighted by Crippen LogP contribution is -2.38. The van der Waals surface area contributed by atoms with E-state index in [1.165, 1.54) is 6.20 Å². The predicted octanol–water partition coefficient (Wildman–Crippen LogP) is 2.98. The highest BCUT2D eigenvalue weighted by Gasteiger charge is 2.27. The summed E-state index contributed by atoms with van der Waals surface area (Å²) in [6, 6.07) is -0.0115. The molecule has 2 aliphatic rings. The van der Waals surface area contributed by atoms with Gasteiger partial charge in [0.1, 0.15) is 5.56 Å². The molecule has 2 heterocycles. The fourth-order valence-corrected chi connectivity index (χ4v) is 4.24. The molecule has 3 N–H and O–H groups in total. The molecule has 1 aliphatic carbocycles. The molecule has 190 valence electrons. The first kappa shape index (κ1) is 26.4. The number of amides is 1. The maximum absolute atomic E-state index is 13.1. The number of nitrogens with one attached hydrogen (secondary N) is 2. The molecule has 0 bridgehead atoms. The predicted molar refractivity (Wildman–Crippen MR) is 126 cm³/mol. The number of aliphatic hydroxyl groups excluding tert-OH is 1. The van der Waals surface area contributed by atoms with Gasteiger partial charge in [0.2, 0.25) is 5.95 Å². The van der Waals surface area contributed by atoms with Crippen LogP contribution in [0, 0.1) is 5.92 Å². The minimum atomic E-state index is -2.85. The van der Waals surface area contributed by atoms with Crippen LogP contribution in [-0.2, 0) is 4.74 Å². The Morgan fingerprint density at radius 1 is 1.29 bits per heavy atom. The van der Waals surface area contributed by atoms with Gasteiger partial charge < -0.3 is 20.5 Å². The lowest BCUT2D eigenvalue weighted by molar-refractivity contribution is -0.130. The minimum Gasteiger partial charge on any atom is -0.393 e. The fourth-order valence-electron chi connectivity index (χ4n) is 4.24. The first-order chi connectivity index (χ1) is 16.2. The van der Waals surface area contributed by atoms with Crippen LogP contribution < -0.4 is 10.6 Å². The van der Waals surface area contributed by atoms with Crippen LogP contribution in [0.15, 0.2) is 11.2 Å². The maximum atomic E-state index is 13.1. The zero-order chi connectivity index (χ0) is 24.7. The molecule has 0 aromatic carbocycles. The smallest absolute Gasteiger partial charge is 0.345 e. The number of aliphatic hydroxyl groups is 1. The Bertz CT molecular complexity index is 833. The quantitative estimate of drug-likeness (QED) is 0.440. The molecule has 1 amide bonds. The molecule has 1 saturated carbocycles. The van der Waals surface area contributed by atoms with Gasteiger partial charge in [0, 0.05) is 43.6 Å². The second kappa shape index (κ2) is 12.5. The molecule has 0 spiro atoms. The molecule has 1 aromatic heterocycles. The van der Waals surface area contributed by atoms with E-state index in [0.717, 1.165) is 45.2 Å². The molecule has 0 radical (unpaired) electrons. The summed E-state index contributed by atoms with van der Waals surface area (Å²) in [7, 11) is 0. The van der Waals surface area contributed by atoms with Gasteiger partial charge in [-0.3, -0.25) is 9.69 Å². The van der Waals surface area contributed by atoms with Crippen molar-refractivity contribution in [3.05, 3.63) is 11.8 Å². The summed E-state index contributed by atoms with van der Waals surface area (Å²) >= 11 is 0. The Morgan fingerprint density at radius 2 is 2.03 bits per heavy atom. The van der Waals surface area contributed by atoms with Gasteiger partial charge in [0.05, 0.1) is 12.7 Å². The number of hydrogen-bond donors (Lipinski definition) is 3. The normalized spacial score (nSPS) is 24.8.